The van der Waals surface area contributed by atoms with Crippen molar-refractivity contribution in [2.75, 3.05) is 5.32 Å². The van der Waals surface area contributed by atoms with Crippen molar-refractivity contribution in [3.8, 4) is 0 Å². The lowest BCUT2D eigenvalue weighted by Crippen LogP contribution is -2.01. The Morgan fingerprint density at radius 3 is 2.77 bits per heavy atom. The summed E-state index contributed by atoms with van der Waals surface area (Å²) < 4.78 is 0. The summed E-state index contributed by atoms with van der Waals surface area (Å²) in [5.74, 6) is 0. The van der Waals surface area contributed by atoms with Gasteiger partial charge >= 0.3 is 0 Å². The summed E-state index contributed by atoms with van der Waals surface area (Å²) in [4.78, 5) is 14.7. The first-order valence-corrected chi connectivity index (χ1v) is 7.04. The quantitative estimate of drug-likeness (QED) is 0.440. The van der Waals surface area contributed by atoms with Crippen LogP contribution in [0.4, 0.5) is 11.4 Å². The average molecular weight is 314 g/mol. The van der Waals surface area contributed by atoms with Gasteiger partial charge in [0.25, 0.3) is 5.69 Å². The van der Waals surface area contributed by atoms with Gasteiger partial charge in [-0.3, -0.25) is 10.1 Å². The van der Waals surface area contributed by atoms with E-state index in [4.69, 9.17) is 11.6 Å². The molecule has 0 saturated heterocycles. The largest absolute Gasteiger partial charge is 0.381 e. The SMILES string of the molecule is O=[N+]([O-])c1cccc(NCc2cc3ccccc3nc2Cl)c1. The molecule has 6 heteroatoms. The van der Waals surface area contributed by atoms with Crippen molar-refractivity contribution < 1.29 is 4.92 Å². The fourth-order valence-corrected chi connectivity index (χ4v) is 2.40. The molecule has 0 aliphatic carbocycles. The van der Waals surface area contributed by atoms with Crippen LogP contribution < -0.4 is 5.32 Å². The molecule has 1 heterocycles. The first-order valence-electron chi connectivity index (χ1n) is 6.66. The van der Waals surface area contributed by atoms with E-state index in [1.54, 1.807) is 12.1 Å². The van der Waals surface area contributed by atoms with Gasteiger partial charge in [-0.1, -0.05) is 35.9 Å². The lowest BCUT2D eigenvalue weighted by atomic mass is 10.1. The molecule has 0 aliphatic rings. The molecule has 0 unspecified atom stereocenters. The van der Waals surface area contributed by atoms with Crippen molar-refractivity contribution in [3.63, 3.8) is 0 Å². The van der Waals surface area contributed by atoms with Crippen LogP contribution in [-0.2, 0) is 6.54 Å². The van der Waals surface area contributed by atoms with E-state index in [0.29, 0.717) is 17.4 Å². The summed E-state index contributed by atoms with van der Waals surface area (Å²) >= 11 is 6.19. The Morgan fingerprint density at radius 1 is 1.14 bits per heavy atom. The zero-order valence-electron chi connectivity index (χ0n) is 11.5. The molecule has 0 saturated carbocycles. The summed E-state index contributed by atoms with van der Waals surface area (Å²) in [5, 5.41) is 15.3. The van der Waals surface area contributed by atoms with Gasteiger partial charge in [0.2, 0.25) is 0 Å². The summed E-state index contributed by atoms with van der Waals surface area (Å²) in [6, 6.07) is 16.0. The van der Waals surface area contributed by atoms with Crippen molar-refractivity contribution in [2.24, 2.45) is 0 Å². The van der Waals surface area contributed by atoms with E-state index < -0.39 is 4.92 Å². The second kappa shape index (κ2) is 5.99. The molecule has 3 aromatic rings. The smallest absolute Gasteiger partial charge is 0.271 e. The van der Waals surface area contributed by atoms with E-state index in [9.17, 15) is 10.1 Å². The number of fused-ring (bicyclic) bond motifs is 1. The molecule has 0 amide bonds. The highest BCUT2D eigenvalue weighted by Gasteiger charge is 2.07. The molecule has 3 rings (SSSR count). The standard InChI is InChI=1S/C16H12ClN3O2/c17-16-12(8-11-4-1-2-7-15(11)19-16)10-18-13-5-3-6-14(9-13)20(21)22/h1-9,18H,10H2. The Balaban J connectivity index is 1.83. The molecular formula is C16H12ClN3O2. The number of rotatable bonds is 4. The highest BCUT2D eigenvalue weighted by Crippen LogP contribution is 2.22. The second-order valence-corrected chi connectivity index (χ2v) is 5.15. The maximum absolute atomic E-state index is 10.8. The van der Waals surface area contributed by atoms with Gasteiger partial charge in [-0.15, -0.1) is 0 Å². The van der Waals surface area contributed by atoms with Crippen LogP contribution in [0.2, 0.25) is 5.15 Å². The van der Waals surface area contributed by atoms with Crippen molar-refractivity contribution in [1.29, 1.82) is 0 Å². The number of halogens is 1. The van der Waals surface area contributed by atoms with E-state index in [0.717, 1.165) is 16.5 Å². The van der Waals surface area contributed by atoms with E-state index in [2.05, 4.69) is 10.3 Å². The Labute approximate surface area is 131 Å². The number of nitrogens with one attached hydrogen (secondary N) is 1. The van der Waals surface area contributed by atoms with Crippen molar-refractivity contribution in [1.82, 2.24) is 4.98 Å². The van der Waals surface area contributed by atoms with Crippen molar-refractivity contribution in [2.45, 2.75) is 6.54 Å². The maximum atomic E-state index is 10.8. The van der Waals surface area contributed by atoms with E-state index in [1.807, 2.05) is 30.3 Å². The van der Waals surface area contributed by atoms with E-state index in [1.165, 1.54) is 12.1 Å². The molecular weight excluding hydrogens is 302 g/mol. The zero-order valence-corrected chi connectivity index (χ0v) is 12.2. The van der Waals surface area contributed by atoms with Crippen molar-refractivity contribution in [3.05, 3.63) is 75.4 Å². The highest BCUT2D eigenvalue weighted by atomic mass is 35.5. The third-order valence-corrected chi connectivity index (χ3v) is 3.62. The van der Waals surface area contributed by atoms with Crippen LogP contribution in [0, 0.1) is 10.1 Å². The number of anilines is 1. The van der Waals surface area contributed by atoms with Crippen LogP contribution in [0.3, 0.4) is 0 Å². The lowest BCUT2D eigenvalue weighted by molar-refractivity contribution is -0.384. The van der Waals surface area contributed by atoms with Crippen LogP contribution in [0.5, 0.6) is 0 Å². The third kappa shape index (κ3) is 2.99. The Bertz CT molecular complexity index is 852. The van der Waals surface area contributed by atoms with Crippen LogP contribution in [-0.4, -0.2) is 9.91 Å². The summed E-state index contributed by atoms with van der Waals surface area (Å²) in [6.07, 6.45) is 0. The molecule has 0 atom stereocenters. The average Bonchev–Trinajstić information content (AvgIpc) is 2.53. The minimum absolute atomic E-state index is 0.0488. The topological polar surface area (TPSA) is 68.1 Å². The molecule has 22 heavy (non-hydrogen) atoms. The van der Waals surface area contributed by atoms with E-state index in [-0.39, 0.29) is 5.69 Å². The number of hydrogen-bond acceptors (Lipinski definition) is 4. The summed E-state index contributed by atoms with van der Waals surface area (Å²) in [5.41, 5.74) is 2.39. The number of aromatic nitrogens is 1. The second-order valence-electron chi connectivity index (χ2n) is 4.79. The molecule has 110 valence electrons. The molecule has 0 bridgehead atoms. The lowest BCUT2D eigenvalue weighted by Gasteiger charge is -2.09. The summed E-state index contributed by atoms with van der Waals surface area (Å²) in [6.45, 7) is 0.442. The van der Waals surface area contributed by atoms with Gasteiger partial charge in [-0.05, 0) is 18.2 Å². The fraction of sp³-hybridized carbons (Fsp3) is 0.0625. The van der Waals surface area contributed by atoms with Gasteiger partial charge in [0.15, 0.2) is 0 Å². The molecule has 0 fully saturated rings. The van der Waals surface area contributed by atoms with Gasteiger partial charge in [0, 0.05) is 35.3 Å². The Kier molecular flexibility index (Phi) is 3.89. The molecule has 2 aromatic carbocycles. The zero-order chi connectivity index (χ0) is 15.5. The number of benzene rings is 2. The van der Waals surface area contributed by atoms with Crippen LogP contribution in [0.1, 0.15) is 5.56 Å². The number of nitrogens with zero attached hydrogens (tertiary/aromatic N) is 2. The van der Waals surface area contributed by atoms with Gasteiger partial charge in [0.05, 0.1) is 10.4 Å². The van der Waals surface area contributed by atoms with Gasteiger partial charge in [-0.25, -0.2) is 4.98 Å². The predicted octanol–water partition coefficient (Wildman–Crippen LogP) is 4.41. The monoisotopic (exact) mass is 313 g/mol. The van der Waals surface area contributed by atoms with Crippen LogP contribution in [0.25, 0.3) is 10.9 Å². The fourth-order valence-electron chi connectivity index (χ4n) is 2.19. The van der Waals surface area contributed by atoms with Crippen LogP contribution >= 0.6 is 11.6 Å². The third-order valence-electron chi connectivity index (χ3n) is 3.29. The number of pyridine rings is 1. The number of non-ortho nitro benzene ring substituents is 1. The first kappa shape index (κ1) is 14.3. The van der Waals surface area contributed by atoms with Gasteiger partial charge in [0.1, 0.15) is 5.15 Å². The maximum Gasteiger partial charge on any atom is 0.271 e. The number of para-hydroxylation sites is 1. The molecule has 0 aliphatic heterocycles. The number of nitro groups is 1. The minimum atomic E-state index is -0.421. The molecule has 0 radical (unpaired) electrons. The highest BCUT2D eigenvalue weighted by molar-refractivity contribution is 6.30. The summed E-state index contributed by atoms with van der Waals surface area (Å²) in [7, 11) is 0. The number of nitro benzene ring substituents is 1. The van der Waals surface area contributed by atoms with E-state index >= 15 is 0 Å². The number of hydrogen-bond donors (Lipinski definition) is 1. The van der Waals surface area contributed by atoms with Gasteiger partial charge < -0.3 is 5.32 Å². The normalized spacial score (nSPS) is 10.6. The molecule has 5 nitrogen and oxygen atoms in total. The van der Waals surface area contributed by atoms with Crippen LogP contribution in [0.15, 0.2) is 54.6 Å². The van der Waals surface area contributed by atoms with Gasteiger partial charge in [-0.2, -0.15) is 0 Å². The predicted molar refractivity (Wildman–Crippen MR) is 87.2 cm³/mol. The Morgan fingerprint density at radius 2 is 1.95 bits per heavy atom. The van der Waals surface area contributed by atoms with Crippen molar-refractivity contribution >= 4 is 33.9 Å². The molecule has 0 spiro atoms. The first-order chi connectivity index (χ1) is 10.6. The molecule has 1 N–H and O–H groups in total. The minimum Gasteiger partial charge on any atom is -0.381 e. The Hall–Kier alpha value is -2.66. The molecule has 1 aromatic heterocycles.